The number of nitrogens with two attached hydrogens (primary N) is 2. The van der Waals surface area contributed by atoms with Crippen LogP contribution in [0.2, 0.25) is 5.02 Å². The molecule has 104 valence electrons. The van der Waals surface area contributed by atoms with Crippen molar-refractivity contribution in [2.24, 2.45) is 11.5 Å². The molecule has 0 fully saturated rings. The summed E-state index contributed by atoms with van der Waals surface area (Å²) in [6.07, 6.45) is 0.828. The van der Waals surface area contributed by atoms with Gasteiger partial charge in [0, 0.05) is 5.56 Å². The summed E-state index contributed by atoms with van der Waals surface area (Å²) in [6, 6.07) is 12.3. The first kappa shape index (κ1) is 14.4. The number of primary amides is 1. The van der Waals surface area contributed by atoms with Gasteiger partial charge in [-0.25, -0.2) is 0 Å². The van der Waals surface area contributed by atoms with Crippen molar-refractivity contribution in [2.75, 3.05) is 6.54 Å². The van der Waals surface area contributed by atoms with Crippen LogP contribution < -0.4 is 16.2 Å². The average Bonchev–Trinajstić information content (AvgIpc) is 2.43. The summed E-state index contributed by atoms with van der Waals surface area (Å²) in [5.74, 6) is 0.618. The molecular weight excluding hydrogens is 276 g/mol. The SMILES string of the molecule is NCCc1ccc(Oc2ccc(C(N)=O)cc2Cl)cc1. The van der Waals surface area contributed by atoms with Gasteiger partial charge < -0.3 is 16.2 Å². The molecule has 20 heavy (non-hydrogen) atoms. The zero-order valence-corrected chi connectivity index (χ0v) is 11.6. The second kappa shape index (κ2) is 6.41. The summed E-state index contributed by atoms with van der Waals surface area (Å²) in [5, 5.41) is 0.340. The fourth-order valence-electron chi connectivity index (χ4n) is 1.75. The lowest BCUT2D eigenvalue weighted by atomic mass is 10.1. The van der Waals surface area contributed by atoms with E-state index in [2.05, 4.69) is 0 Å². The minimum absolute atomic E-state index is 0.340. The van der Waals surface area contributed by atoms with Gasteiger partial charge in [-0.05, 0) is 48.9 Å². The molecule has 0 aromatic heterocycles. The first-order valence-corrected chi connectivity index (χ1v) is 6.54. The molecule has 0 saturated carbocycles. The van der Waals surface area contributed by atoms with E-state index in [9.17, 15) is 4.79 Å². The number of carbonyl (C=O) groups excluding carboxylic acids is 1. The maximum atomic E-state index is 11.0. The molecular formula is C15H15ClN2O2. The van der Waals surface area contributed by atoms with Crippen molar-refractivity contribution < 1.29 is 9.53 Å². The van der Waals surface area contributed by atoms with Crippen molar-refractivity contribution in [3.63, 3.8) is 0 Å². The average molecular weight is 291 g/mol. The van der Waals surface area contributed by atoms with Crippen LogP contribution in [0.25, 0.3) is 0 Å². The van der Waals surface area contributed by atoms with Crippen molar-refractivity contribution in [1.82, 2.24) is 0 Å². The molecule has 4 N–H and O–H groups in total. The summed E-state index contributed by atoms with van der Waals surface area (Å²) in [7, 11) is 0. The molecule has 2 aromatic carbocycles. The number of hydrogen-bond acceptors (Lipinski definition) is 3. The topological polar surface area (TPSA) is 78.3 Å². The highest BCUT2D eigenvalue weighted by atomic mass is 35.5. The first-order valence-electron chi connectivity index (χ1n) is 6.16. The van der Waals surface area contributed by atoms with Crippen molar-refractivity contribution in [3.8, 4) is 11.5 Å². The molecule has 2 aromatic rings. The lowest BCUT2D eigenvalue weighted by Crippen LogP contribution is -2.10. The third-order valence-electron chi connectivity index (χ3n) is 2.80. The van der Waals surface area contributed by atoms with Gasteiger partial charge >= 0.3 is 0 Å². The maximum absolute atomic E-state index is 11.0. The number of ether oxygens (including phenoxy) is 1. The highest BCUT2D eigenvalue weighted by Crippen LogP contribution is 2.30. The predicted octanol–water partition coefficient (Wildman–Crippen LogP) is 2.73. The number of carbonyl (C=O) groups is 1. The van der Waals surface area contributed by atoms with Gasteiger partial charge in [0.05, 0.1) is 5.02 Å². The Morgan fingerprint density at radius 1 is 1.15 bits per heavy atom. The van der Waals surface area contributed by atoms with Crippen LogP contribution in [0.15, 0.2) is 42.5 Å². The molecule has 0 aliphatic rings. The summed E-state index contributed by atoms with van der Waals surface area (Å²) >= 11 is 6.06. The van der Waals surface area contributed by atoms with E-state index in [1.165, 1.54) is 6.07 Å². The van der Waals surface area contributed by atoms with Crippen LogP contribution >= 0.6 is 11.6 Å². The second-order valence-electron chi connectivity index (χ2n) is 4.29. The molecule has 2 rings (SSSR count). The van der Waals surface area contributed by atoms with Crippen molar-refractivity contribution in [3.05, 3.63) is 58.6 Å². The Morgan fingerprint density at radius 3 is 2.40 bits per heavy atom. The summed E-state index contributed by atoms with van der Waals surface area (Å²) < 4.78 is 5.66. The van der Waals surface area contributed by atoms with Gasteiger partial charge in [-0.3, -0.25) is 4.79 Å². The van der Waals surface area contributed by atoms with E-state index in [1.807, 2.05) is 24.3 Å². The Kier molecular flexibility index (Phi) is 4.61. The molecule has 0 spiro atoms. The molecule has 5 heteroatoms. The highest BCUT2D eigenvalue weighted by molar-refractivity contribution is 6.32. The summed E-state index contributed by atoms with van der Waals surface area (Å²) in [6.45, 7) is 0.612. The smallest absolute Gasteiger partial charge is 0.248 e. The lowest BCUT2D eigenvalue weighted by Gasteiger charge is -2.09. The van der Waals surface area contributed by atoms with Crippen LogP contribution in [0.4, 0.5) is 0 Å². The molecule has 0 bridgehead atoms. The normalized spacial score (nSPS) is 10.3. The van der Waals surface area contributed by atoms with Crippen molar-refractivity contribution in [1.29, 1.82) is 0 Å². The molecule has 0 radical (unpaired) electrons. The van der Waals surface area contributed by atoms with Gasteiger partial charge in [0.2, 0.25) is 5.91 Å². The van der Waals surface area contributed by atoms with Crippen LogP contribution in [0.5, 0.6) is 11.5 Å². The third kappa shape index (κ3) is 3.50. The van der Waals surface area contributed by atoms with Crippen molar-refractivity contribution in [2.45, 2.75) is 6.42 Å². The Labute approximate surface area is 122 Å². The Hall–Kier alpha value is -2.04. The summed E-state index contributed by atoms with van der Waals surface area (Å²) in [4.78, 5) is 11.0. The summed E-state index contributed by atoms with van der Waals surface area (Å²) in [5.41, 5.74) is 12.2. The van der Waals surface area contributed by atoms with E-state index in [0.717, 1.165) is 12.0 Å². The molecule has 0 unspecified atom stereocenters. The monoisotopic (exact) mass is 290 g/mol. The van der Waals surface area contributed by atoms with Gasteiger partial charge in [-0.1, -0.05) is 23.7 Å². The van der Waals surface area contributed by atoms with Gasteiger partial charge in [-0.15, -0.1) is 0 Å². The van der Waals surface area contributed by atoms with E-state index >= 15 is 0 Å². The number of amides is 1. The molecule has 0 saturated heterocycles. The molecule has 4 nitrogen and oxygen atoms in total. The van der Waals surface area contributed by atoms with Crippen LogP contribution in [0.3, 0.4) is 0 Å². The number of hydrogen-bond donors (Lipinski definition) is 2. The first-order chi connectivity index (χ1) is 9.60. The van der Waals surface area contributed by atoms with E-state index in [4.69, 9.17) is 27.8 Å². The number of benzene rings is 2. The molecule has 0 heterocycles. The number of halogens is 1. The molecule has 0 atom stereocenters. The fraction of sp³-hybridized carbons (Fsp3) is 0.133. The van der Waals surface area contributed by atoms with Gasteiger partial charge in [-0.2, -0.15) is 0 Å². The number of rotatable bonds is 5. The molecule has 0 aliphatic heterocycles. The lowest BCUT2D eigenvalue weighted by molar-refractivity contribution is 0.100. The van der Waals surface area contributed by atoms with Gasteiger partial charge in [0.1, 0.15) is 11.5 Å². The van der Waals surface area contributed by atoms with Gasteiger partial charge in [0.25, 0.3) is 0 Å². The van der Waals surface area contributed by atoms with E-state index < -0.39 is 5.91 Å². The van der Waals surface area contributed by atoms with Crippen molar-refractivity contribution >= 4 is 17.5 Å². The molecule has 1 amide bonds. The van der Waals surface area contributed by atoms with Crippen LogP contribution in [-0.2, 0) is 6.42 Å². The van der Waals surface area contributed by atoms with Crippen LogP contribution in [0, 0.1) is 0 Å². The highest BCUT2D eigenvalue weighted by Gasteiger charge is 2.07. The fourth-order valence-corrected chi connectivity index (χ4v) is 1.97. The van der Waals surface area contributed by atoms with Crippen LogP contribution in [-0.4, -0.2) is 12.5 Å². The van der Waals surface area contributed by atoms with E-state index in [-0.39, 0.29) is 0 Å². The Bertz CT molecular complexity index is 612. The minimum Gasteiger partial charge on any atom is -0.456 e. The zero-order valence-electron chi connectivity index (χ0n) is 10.8. The maximum Gasteiger partial charge on any atom is 0.248 e. The Morgan fingerprint density at radius 2 is 1.85 bits per heavy atom. The third-order valence-corrected chi connectivity index (χ3v) is 3.10. The minimum atomic E-state index is -0.524. The quantitative estimate of drug-likeness (QED) is 0.888. The van der Waals surface area contributed by atoms with E-state index in [1.54, 1.807) is 12.1 Å². The Balaban J connectivity index is 2.15. The predicted molar refractivity (Wildman–Crippen MR) is 79.2 cm³/mol. The standard InChI is InChI=1S/C15H15ClN2O2/c16-13-9-11(15(18)19)3-6-14(13)20-12-4-1-10(2-5-12)7-8-17/h1-6,9H,7-8,17H2,(H2,18,19). The zero-order chi connectivity index (χ0) is 14.5. The van der Waals surface area contributed by atoms with Crippen LogP contribution in [0.1, 0.15) is 15.9 Å². The van der Waals surface area contributed by atoms with E-state index in [0.29, 0.717) is 28.6 Å². The molecule has 0 aliphatic carbocycles. The largest absolute Gasteiger partial charge is 0.456 e. The van der Waals surface area contributed by atoms with Gasteiger partial charge in [0.15, 0.2) is 0 Å². The second-order valence-corrected chi connectivity index (χ2v) is 4.70.